The van der Waals surface area contributed by atoms with Gasteiger partial charge in [0.05, 0.1) is 4.92 Å². The quantitative estimate of drug-likeness (QED) is 0.614. The van der Waals surface area contributed by atoms with Crippen LogP contribution in [0.1, 0.15) is 37.2 Å². The molecule has 0 aromatic carbocycles. The van der Waals surface area contributed by atoms with Gasteiger partial charge in [-0.1, -0.05) is 0 Å². The predicted molar refractivity (Wildman–Crippen MR) is 68.9 cm³/mol. The molecular formula is C12H18N4O3. The van der Waals surface area contributed by atoms with Crippen molar-refractivity contribution in [3.63, 3.8) is 0 Å². The van der Waals surface area contributed by atoms with Crippen molar-refractivity contribution in [1.29, 1.82) is 0 Å². The lowest BCUT2D eigenvalue weighted by Crippen LogP contribution is -2.34. The highest BCUT2D eigenvalue weighted by atomic mass is 16.6. The summed E-state index contributed by atoms with van der Waals surface area (Å²) in [6, 6.07) is -0.495. The van der Waals surface area contributed by atoms with E-state index in [9.17, 15) is 14.9 Å². The van der Waals surface area contributed by atoms with Gasteiger partial charge in [0.1, 0.15) is 17.4 Å². The van der Waals surface area contributed by atoms with E-state index in [0.717, 1.165) is 25.9 Å². The fraction of sp³-hybridized carbons (Fsp3) is 0.667. The molecule has 1 aromatic heterocycles. The molecule has 0 bridgehead atoms. The summed E-state index contributed by atoms with van der Waals surface area (Å²) in [5.41, 5.74) is 0.784. The van der Waals surface area contributed by atoms with E-state index >= 15 is 0 Å². The van der Waals surface area contributed by atoms with Gasteiger partial charge in [0.25, 0.3) is 0 Å². The number of carbonyl (C=O) groups excluding carboxylic acids is 1. The Morgan fingerprint density at radius 1 is 1.37 bits per heavy atom. The van der Waals surface area contributed by atoms with E-state index in [2.05, 4.69) is 5.10 Å². The van der Waals surface area contributed by atoms with Crippen molar-refractivity contribution >= 4 is 11.6 Å². The zero-order valence-corrected chi connectivity index (χ0v) is 11.4. The molecule has 0 aliphatic carbocycles. The number of rotatable bonds is 3. The number of aryl methyl sites for hydroxylation is 1. The average Bonchev–Trinajstić information content (AvgIpc) is 2.95. The van der Waals surface area contributed by atoms with Crippen LogP contribution in [0.15, 0.2) is 0 Å². The maximum atomic E-state index is 12.3. The predicted octanol–water partition coefficient (Wildman–Crippen LogP) is 1.59. The molecule has 104 valence electrons. The summed E-state index contributed by atoms with van der Waals surface area (Å²) in [6.45, 7) is 6.50. The minimum absolute atomic E-state index is 0.000993. The first kappa shape index (κ1) is 13.5. The molecule has 0 radical (unpaired) electrons. The maximum absolute atomic E-state index is 12.3. The Hall–Kier alpha value is -1.92. The van der Waals surface area contributed by atoms with Crippen molar-refractivity contribution in [3.05, 3.63) is 21.5 Å². The first-order chi connectivity index (χ1) is 8.93. The molecule has 2 heterocycles. The minimum atomic E-state index is -0.495. The van der Waals surface area contributed by atoms with Crippen molar-refractivity contribution in [1.82, 2.24) is 14.7 Å². The molecular weight excluding hydrogens is 248 g/mol. The molecule has 19 heavy (non-hydrogen) atoms. The number of aromatic nitrogens is 2. The largest absolute Gasteiger partial charge is 0.341 e. The summed E-state index contributed by atoms with van der Waals surface area (Å²) >= 11 is 0. The minimum Gasteiger partial charge on any atom is -0.341 e. The second kappa shape index (κ2) is 4.99. The van der Waals surface area contributed by atoms with Crippen molar-refractivity contribution in [2.24, 2.45) is 0 Å². The molecule has 1 aromatic rings. The Balaban J connectivity index is 2.28. The zero-order chi connectivity index (χ0) is 14.2. The molecule has 1 atom stereocenters. The van der Waals surface area contributed by atoms with Gasteiger partial charge in [-0.25, -0.2) is 0 Å². The van der Waals surface area contributed by atoms with E-state index < -0.39 is 11.0 Å². The van der Waals surface area contributed by atoms with Crippen LogP contribution in [0.25, 0.3) is 0 Å². The summed E-state index contributed by atoms with van der Waals surface area (Å²) in [4.78, 5) is 24.6. The summed E-state index contributed by atoms with van der Waals surface area (Å²) < 4.78 is 1.47. The number of hydrogen-bond donors (Lipinski definition) is 0. The van der Waals surface area contributed by atoms with Crippen molar-refractivity contribution in [2.75, 3.05) is 13.1 Å². The second-order valence-corrected chi connectivity index (χ2v) is 4.93. The molecule has 1 amide bonds. The lowest BCUT2D eigenvalue weighted by Gasteiger charge is -2.21. The van der Waals surface area contributed by atoms with E-state index in [0.29, 0.717) is 11.4 Å². The van der Waals surface area contributed by atoms with Crippen LogP contribution in [0.2, 0.25) is 0 Å². The third-order valence-electron chi connectivity index (χ3n) is 3.61. The summed E-state index contributed by atoms with van der Waals surface area (Å²) in [7, 11) is 0. The maximum Gasteiger partial charge on any atom is 0.312 e. The molecule has 7 heteroatoms. The Bertz CT molecular complexity index is 517. The van der Waals surface area contributed by atoms with E-state index in [4.69, 9.17) is 0 Å². The van der Waals surface area contributed by atoms with E-state index in [1.54, 1.807) is 25.7 Å². The van der Waals surface area contributed by atoms with Gasteiger partial charge in [0.2, 0.25) is 5.91 Å². The van der Waals surface area contributed by atoms with Gasteiger partial charge in [-0.2, -0.15) is 5.10 Å². The highest BCUT2D eigenvalue weighted by Gasteiger charge is 2.30. The molecule has 0 N–H and O–H groups in total. The highest BCUT2D eigenvalue weighted by Crippen LogP contribution is 2.25. The number of carbonyl (C=O) groups is 1. The van der Waals surface area contributed by atoms with Crippen LogP contribution in [0, 0.1) is 24.0 Å². The molecule has 7 nitrogen and oxygen atoms in total. The van der Waals surface area contributed by atoms with Gasteiger partial charge in [-0.15, -0.1) is 0 Å². The molecule has 1 saturated heterocycles. The lowest BCUT2D eigenvalue weighted by atomic mass is 10.2. The van der Waals surface area contributed by atoms with E-state index in [1.807, 2.05) is 0 Å². The summed E-state index contributed by atoms with van der Waals surface area (Å²) in [5, 5.41) is 15.1. The zero-order valence-electron chi connectivity index (χ0n) is 11.4. The Kier molecular flexibility index (Phi) is 3.55. The van der Waals surface area contributed by atoms with Crippen LogP contribution < -0.4 is 0 Å². The monoisotopic (exact) mass is 266 g/mol. The molecule has 0 saturated carbocycles. The Morgan fingerprint density at radius 3 is 2.42 bits per heavy atom. The fourth-order valence-corrected chi connectivity index (χ4v) is 2.60. The van der Waals surface area contributed by atoms with Crippen molar-refractivity contribution < 1.29 is 9.72 Å². The number of likely N-dealkylation sites (tertiary alicyclic amines) is 1. The summed E-state index contributed by atoms with van der Waals surface area (Å²) in [5.74, 6) is -0.0157. The van der Waals surface area contributed by atoms with Crippen LogP contribution in [-0.4, -0.2) is 38.6 Å². The van der Waals surface area contributed by atoms with Crippen LogP contribution in [-0.2, 0) is 4.79 Å². The highest BCUT2D eigenvalue weighted by molar-refractivity contribution is 5.80. The second-order valence-electron chi connectivity index (χ2n) is 4.93. The first-order valence-electron chi connectivity index (χ1n) is 6.42. The van der Waals surface area contributed by atoms with Gasteiger partial charge < -0.3 is 4.90 Å². The smallest absolute Gasteiger partial charge is 0.312 e. The Labute approximate surface area is 111 Å². The molecule has 1 aliphatic rings. The van der Waals surface area contributed by atoms with E-state index in [1.165, 1.54) is 4.68 Å². The molecule has 1 fully saturated rings. The van der Waals surface area contributed by atoms with Gasteiger partial charge >= 0.3 is 5.69 Å². The van der Waals surface area contributed by atoms with Crippen LogP contribution in [0.5, 0.6) is 0 Å². The van der Waals surface area contributed by atoms with Gasteiger partial charge in [-0.05, 0) is 33.6 Å². The van der Waals surface area contributed by atoms with Crippen LogP contribution in [0.3, 0.4) is 0 Å². The molecule has 1 aliphatic heterocycles. The fourth-order valence-electron chi connectivity index (χ4n) is 2.60. The van der Waals surface area contributed by atoms with Crippen molar-refractivity contribution in [3.8, 4) is 0 Å². The van der Waals surface area contributed by atoms with Gasteiger partial charge in [0, 0.05) is 13.1 Å². The number of nitrogens with zero attached hydrogens (tertiary/aromatic N) is 4. The third kappa shape index (κ3) is 2.32. The first-order valence-corrected chi connectivity index (χ1v) is 6.42. The van der Waals surface area contributed by atoms with Crippen LogP contribution >= 0.6 is 0 Å². The molecule has 0 unspecified atom stereocenters. The summed E-state index contributed by atoms with van der Waals surface area (Å²) in [6.07, 6.45) is 2.05. The number of hydrogen-bond acceptors (Lipinski definition) is 4. The van der Waals surface area contributed by atoms with E-state index in [-0.39, 0.29) is 11.6 Å². The Morgan fingerprint density at radius 2 is 1.95 bits per heavy atom. The topological polar surface area (TPSA) is 81.3 Å². The number of nitro groups is 1. The van der Waals surface area contributed by atoms with Crippen molar-refractivity contribution in [2.45, 2.75) is 39.7 Å². The normalized spacial score (nSPS) is 16.7. The molecule has 0 spiro atoms. The SMILES string of the molecule is Cc1nn([C@@H](C)C(=O)N2CCCC2)c(C)c1[N+](=O)[O-]. The standard InChI is InChI=1S/C12H18N4O3/c1-8-11(16(18)19)9(2)15(13-8)10(3)12(17)14-6-4-5-7-14/h10H,4-7H2,1-3H3/t10-/m0/s1. The van der Waals surface area contributed by atoms with Gasteiger partial charge in [-0.3, -0.25) is 19.6 Å². The van der Waals surface area contributed by atoms with Gasteiger partial charge in [0.15, 0.2) is 0 Å². The third-order valence-corrected chi connectivity index (χ3v) is 3.61. The molecule has 2 rings (SSSR count). The van der Waals surface area contributed by atoms with Crippen LogP contribution in [0.4, 0.5) is 5.69 Å². The number of amides is 1. The lowest BCUT2D eigenvalue weighted by molar-refractivity contribution is -0.386. The average molecular weight is 266 g/mol.